The summed E-state index contributed by atoms with van der Waals surface area (Å²) in [4.78, 5) is -5.77. The van der Waals surface area contributed by atoms with Crippen LogP contribution in [-0.2, 0) is 40.5 Å². The molecule has 16 heteroatoms. The van der Waals surface area contributed by atoms with E-state index in [1.807, 2.05) is 0 Å². The van der Waals surface area contributed by atoms with Crippen molar-refractivity contribution in [3.63, 3.8) is 0 Å². The van der Waals surface area contributed by atoms with Crippen molar-refractivity contribution >= 4 is 51.2 Å². The Morgan fingerprint density at radius 3 is 1.00 bits per heavy atom. The van der Waals surface area contributed by atoms with E-state index >= 15 is 0 Å². The summed E-state index contributed by atoms with van der Waals surface area (Å²) < 4.78 is 127. The van der Waals surface area contributed by atoms with E-state index in [2.05, 4.69) is 0 Å². The molecule has 0 spiro atoms. The fourth-order valence-corrected chi connectivity index (χ4v) is 5.36. The van der Waals surface area contributed by atoms with Gasteiger partial charge in [-0.1, -0.05) is 0 Å². The zero-order valence-electron chi connectivity index (χ0n) is 11.8. The van der Waals surface area contributed by atoms with Crippen molar-refractivity contribution in [1.82, 2.24) is 0 Å². The second kappa shape index (κ2) is 5.92. The van der Waals surface area contributed by atoms with Crippen molar-refractivity contribution in [2.24, 2.45) is 0 Å². The topological polar surface area (TPSA) is 217 Å². The van der Waals surface area contributed by atoms with Gasteiger partial charge in [-0.25, -0.2) is 0 Å². The molecule has 0 saturated carbocycles. The van der Waals surface area contributed by atoms with Crippen molar-refractivity contribution < 1.29 is 51.9 Å². The number of fused-ring (bicyclic) bond motifs is 1. The zero-order chi connectivity index (χ0) is 20.3. The molecule has 4 N–H and O–H groups in total. The fourth-order valence-electron chi connectivity index (χ4n) is 1.89. The van der Waals surface area contributed by atoms with Crippen LogP contribution in [-0.4, -0.2) is 51.9 Å². The van der Waals surface area contributed by atoms with E-state index in [9.17, 15) is 33.7 Å². The van der Waals surface area contributed by atoms with Gasteiger partial charge in [0.1, 0.15) is 19.6 Å². The van der Waals surface area contributed by atoms with E-state index in [-0.39, 0.29) is 0 Å². The molecule has 2 aromatic rings. The standard InChI is InChI=1S/C10H6O12S4/c11-23(12,13)7-1-5-2-9(25(17,18)19)10(26(20,21)22)4-6(5)3-8(7)24(14,15)16/h1,3H,(H,11,12,13)(H,14,15,16)(H,17,18,19)(H,20,21,22). The fraction of sp³-hybridized carbons (Fsp3) is 0. The molecule has 0 aliphatic rings. The minimum atomic E-state index is -5.30. The molecule has 142 valence electrons. The maximum atomic E-state index is 11.3. The summed E-state index contributed by atoms with van der Waals surface area (Å²) in [6, 6.07) is 4.23. The molecular weight excluding hydrogens is 440 g/mol. The molecule has 0 saturated heterocycles. The molecule has 0 aliphatic heterocycles. The summed E-state index contributed by atoms with van der Waals surface area (Å²) >= 11 is 0. The van der Waals surface area contributed by atoms with Crippen molar-refractivity contribution in [1.29, 1.82) is 0 Å². The summed E-state index contributed by atoms with van der Waals surface area (Å²) in [6.45, 7) is 0. The lowest BCUT2D eigenvalue weighted by atomic mass is 10.1. The van der Waals surface area contributed by atoms with Crippen molar-refractivity contribution in [3.8, 4) is 0 Å². The normalized spacial score (nSPS) is 13.8. The lowest BCUT2D eigenvalue weighted by Gasteiger charge is -2.10. The van der Waals surface area contributed by atoms with Gasteiger partial charge < -0.3 is 0 Å². The zero-order valence-corrected chi connectivity index (χ0v) is 15.1. The van der Waals surface area contributed by atoms with Gasteiger partial charge in [-0.3, -0.25) is 18.2 Å². The molecule has 2 rings (SSSR count). The highest BCUT2D eigenvalue weighted by atomic mass is 32.2. The van der Waals surface area contributed by atoms with Crippen LogP contribution >= 0.6 is 0 Å². The molecule has 0 fully saturated rings. The van der Waals surface area contributed by atoms with Gasteiger partial charge >= 0.3 is 0 Å². The predicted octanol–water partition coefficient (Wildman–Crippen LogP) is -0.573. The average Bonchev–Trinajstić information content (AvgIpc) is 2.40. The third-order valence-corrected chi connectivity index (χ3v) is 6.55. The first-order valence-corrected chi connectivity index (χ1v) is 11.5. The Bertz CT molecular complexity index is 1140. The van der Waals surface area contributed by atoms with Crippen molar-refractivity contribution in [2.75, 3.05) is 0 Å². The molecule has 26 heavy (non-hydrogen) atoms. The molecule has 2 radical (unpaired) electrons. The SMILES string of the molecule is O=S(=O)(O)c1[c]c2cc(S(=O)(=O)O)c(S(=O)(=O)O)cc2[c]c1S(=O)(=O)O. The van der Waals surface area contributed by atoms with Gasteiger partial charge in [-0.2, -0.15) is 33.7 Å². The number of rotatable bonds is 4. The Morgan fingerprint density at radius 1 is 0.538 bits per heavy atom. The Labute approximate surface area is 147 Å². The molecule has 0 amide bonds. The van der Waals surface area contributed by atoms with Gasteiger partial charge in [0.15, 0.2) is 0 Å². The third kappa shape index (κ3) is 4.01. The van der Waals surface area contributed by atoms with Crippen LogP contribution in [0.1, 0.15) is 0 Å². The maximum Gasteiger partial charge on any atom is 0.296 e. The Balaban J connectivity index is 3.16. The molecule has 0 heterocycles. The minimum absolute atomic E-state index is 0.340. The molecule has 0 unspecified atom stereocenters. The third-order valence-electron chi connectivity index (χ3n) is 2.86. The van der Waals surface area contributed by atoms with Gasteiger partial charge in [-0.15, -0.1) is 0 Å². The highest BCUT2D eigenvalue weighted by Gasteiger charge is 2.29. The lowest BCUT2D eigenvalue weighted by molar-refractivity contribution is 0.466. The molecular formula is C10H6O12S4. The highest BCUT2D eigenvalue weighted by Crippen LogP contribution is 2.31. The average molecular weight is 446 g/mol. The van der Waals surface area contributed by atoms with E-state index in [0.29, 0.717) is 12.1 Å². The molecule has 0 aliphatic carbocycles. The second-order valence-electron chi connectivity index (χ2n) is 4.65. The van der Waals surface area contributed by atoms with Crippen LogP contribution in [0.15, 0.2) is 31.7 Å². The molecule has 12 nitrogen and oxygen atoms in total. The van der Waals surface area contributed by atoms with Gasteiger partial charge in [0.05, 0.1) is 0 Å². The lowest BCUT2D eigenvalue weighted by Crippen LogP contribution is -2.11. The largest absolute Gasteiger partial charge is 0.296 e. The van der Waals surface area contributed by atoms with Crippen LogP contribution in [0.5, 0.6) is 0 Å². The number of hydrogen-bond donors (Lipinski definition) is 4. The maximum absolute atomic E-state index is 11.3. The van der Waals surface area contributed by atoms with E-state index in [1.165, 1.54) is 0 Å². The van der Waals surface area contributed by atoms with E-state index < -0.39 is 70.8 Å². The first-order valence-electron chi connectivity index (χ1n) is 5.78. The number of hydrogen-bond acceptors (Lipinski definition) is 8. The van der Waals surface area contributed by atoms with E-state index in [0.717, 1.165) is 0 Å². The van der Waals surface area contributed by atoms with Gasteiger partial charge in [0.2, 0.25) is 0 Å². The van der Waals surface area contributed by atoms with Gasteiger partial charge in [0, 0.05) is 12.1 Å². The van der Waals surface area contributed by atoms with Crippen LogP contribution in [0.25, 0.3) is 10.8 Å². The number of benzene rings is 2. The van der Waals surface area contributed by atoms with Crippen LogP contribution < -0.4 is 0 Å². The summed E-state index contributed by atoms with van der Waals surface area (Å²) in [5.41, 5.74) is 0. The second-order valence-corrected chi connectivity index (χ2v) is 10.1. The first kappa shape index (κ1) is 20.6. The van der Waals surface area contributed by atoms with Gasteiger partial charge in [0.25, 0.3) is 40.5 Å². The molecule has 0 bridgehead atoms. The van der Waals surface area contributed by atoms with E-state index in [1.54, 1.807) is 12.1 Å². The summed E-state index contributed by atoms with van der Waals surface area (Å²) in [5.74, 6) is 0. The Morgan fingerprint density at radius 2 is 0.808 bits per heavy atom. The highest BCUT2D eigenvalue weighted by molar-refractivity contribution is 7.89. The first-order chi connectivity index (χ1) is 11.4. The Hall–Kier alpha value is -1.66. The molecule has 0 atom stereocenters. The van der Waals surface area contributed by atoms with Crippen LogP contribution in [0, 0.1) is 12.1 Å². The minimum Gasteiger partial charge on any atom is -0.282 e. The van der Waals surface area contributed by atoms with Crippen LogP contribution in [0.2, 0.25) is 0 Å². The Kier molecular flexibility index (Phi) is 4.71. The molecule has 0 aromatic heterocycles. The smallest absolute Gasteiger partial charge is 0.282 e. The quantitative estimate of drug-likeness (QED) is 0.434. The predicted molar refractivity (Wildman–Crippen MR) is 80.9 cm³/mol. The van der Waals surface area contributed by atoms with Crippen LogP contribution in [0.3, 0.4) is 0 Å². The molecule has 2 aromatic carbocycles. The summed E-state index contributed by atoms with van der Waals surface area (Å²) in [6.07, 6.45) is 0. The van der Waals surface area contributed by atoms with Crippen molar-refractivity contribution in [2.45, 2.75) is 19.6 Å². The monoisotopic (exact) mass is 446 g/mol. The summed E-state index contributed by atoms with van der Waals surface area (Å²) in [5, 5.41) is -1.27. The van der Waals surface area contributed by atoms with Crippen molar-refractivity contribution in [3.05, 3.63) is 24.3 Å². The summed E-state index contributed by atoms with van der Waals surface area (Å²) in [7, 11) is -21.1. The van der Waals surface area contributed by atoms with Crippen LogP contribution in [0.4, 0.5) is 0 Å². The van der Waals surface area contributed by atoms with E-state index in [4.69, 9.17) is 18.2 Å². The van der Waals surface area contributed by atoms with Gasteiger partial charge in [-0.05, 0) is 22.9 Å².